The van der Waals surface area contributed by atoms with E-state index in [1.165, 1.54) is 25.7 Å². The summed E-state index contributed by atoms with van der Waals surface area (Å²) < 4.78 is 11.6. The van der Waals surface area contributed by atoms with Crippen molar-refractivity contribution in [2.75, 3.05) is 13.2 Å². The molecule has 100 valence electrons. The lowest BCUT2D eigenvalue weighted by Crippen LogP contribution is -2.32. The number of esters is 1. The summed E-state index contributed by atoms with van der Waals surface area (Å²) in [6, 6.07) is 0. The molecule has 1 aliphatic heterocycles. The van der Waals surface area contributed by atoms with Crippen LogP contribution in [0.5, 0.6) is 0 Å². The van der Waals surface area contributed by atoms with Gasteiger partial charge in [-0.15, -0.1) is 0 Å². The topological polar surface area (TPSA) is 35.5 Å². The summed E-state index contributed by atoms with van der Waals surface area (Å²) in [6.45, 7) is 1.41. The van der Waals surface area contributed by atoms with Gasteiger partial charge in [-0.25, -0.2) is 0 Å². The van der Waals surface area contributed by atoms with Gasteiger partial charge >= 0.3 is 5.97 Å². The molecule has 4 atom stereocenters. The summed E-state index contributed by atoms with van der Waals surface area (Å²) in [6.07, 6.45) is 10.9. The Balaban J connectivity index is 1.74. The van der Waals surface area contributed by atoms with Crippen molar-refractivity contribution in [2.24, 2.45) is 17.8 Å². The van der Waals surface area contributed by atoms with E-state index in [0.717, 1.165) is 19.4 Å². The van der Waals surface area contributed by atoms with Crippen LogP contribution in [-0.4, -0.2) is 25.3 Å². The zero-order chi connectivity index (χ0) is 12.4. The molecule has 0 aromatic rings. The van der Waals surface area contributed by atoms with Crippen LogP contribution in [0.3, 0.4) is 0 Å². The van der Waals surface area contributed by atoms with Gasteiger partial charge in [0, 0.05) is 0 Å². The molecule has 2 fully saturated rings. The van der Waals surface area contributed by atoms with Crippen molar-refractivity contribution in [3.63, 3.8) is 0 Å². The third-order valence-corrected chi connectivity index (χ3v) is 4.68. The first-order chi connectivity index (χ1) is 8.84. The number of carbonyl (C=O) groups is 1. The number of carbonyl (C=O) groups excluding carboxylic acids is 1. The summed E-state index contributed by atoms with van der Waals surface area (Å²) in [4.78, 5) is 12.1. The molecule has 3 rings (SSSR count). The number of allylic oxidation sites excluding steroid dienone is 1. The average molecular weight is 250 g/mol. The van der Waals surface area contributed by atoms with Gasteiger partial charge in [0.15, 0.2) is 0 Å². The number of fused-ring (bicyclic) bond motifs is 2. The molecule has 1 saturated heterocycles. The Bertz CT molecular complexity index is 337. The van der Waals surface area contributed by atoms with E-state index in [9.17, 15) is 4.79 Å². The number of cyclic esters (lactones) is 1. The number of rotatable bonds is 0. The Kier molecular flexibility index (Phi) is 3.69. The Morgan fingerprint density at radius 1 is 1.06 bits per heavy atom. The normalized spacial score (nSPS) is 40.8. The van der Waals surface area contributed by atoms with Crippen LogP contribution in [-0.2, 0) is 14.3 Å². The highest BCUT2D eigenvalue weighted by molar-refractivity contribution is 5.73. The molecular weight excluding hydrogens is 228 g/mol. The van der Waals surface area contributed by atoms with Gasteiger partial charge in [-0.2, -0.15) is 0 Å². The molecule has 3 heteroatoms. The Morgan fingerprint density at radius 2 is 1.83 bits per heavy atom. The first-order valence-electron chi connectivity index (χ1n) is 7.29. The van der Waals surface area contributed by atoms with Crippen LogP contribution in [0.2, 0.25) is 0 Å². The highest BCUT2D eigenvalue weighted by atomic mass is 16.5. The molecule has 0 N–H and O–H groups in total. The second-order valence-corrected chi connectivity index (χ2v) is 5.84. The fourth-order valence-electron chi connectivity index (χ4n) is 3.48. The minimum absolute atomic E-state index is 0.0458. The van der Waals surface area contributed by atoms with Crippen LogP contribution in [0.4, 0.5) is 0 Å². The van der Waals surface area contributed by atoms with E-state index in [1.54, 1.807) is 0 Å². The summed E-state index contributed by atoms with van der Waals surface area (Å²) >= 11 is 0. The van der Waals surface area contributed by atoms with Crippen molar-refractivity contribution >= 4 is 5.97 Å². The standard InChI is InChI=1S/C15H22O3/c16-15-13-7-3-4-8-14(13)17-9-11-5-1-2-6-12(11)10-18-15/h4,8,11-14H,1-3,5-7,9-10H2/t11-,12+,13-,14-/m1/s1. The highest BCUT2D eigenvalue weighted by Gasteiger charge is 2.35. The molecule has 0 radical (unpaired) electrons. The van der Waals surface area contributed by atoms with E-state index in [4.69, 9.17) is 9.47 Å². The van der Waals surface area contributed by atoms with Crippen LogP contribution in [0.1, 0.15) is 38.5 Å². The molecule has 1 heterocycles. The van der Waals surface area contributed by atoms with Crippen molar-refractivity contribution in [1.82, 2.24) is 0 Å². The van der Waals surface area contributed by atoms with E-state index in [2.05, 4.69) is 12.2 Å². The second kappa shape index (κ2) is 5.43. The molecule has 0 amide bonds. The number of hydrogen-bond acceptors (Lipinski definition) is 3. The van der Waals surface area contributed by atoms with Crippen LogP contribution in [0.15, 0.2) is 12.2 Å². The summed E-state index contributed by atoms with van der Waals surface area (Å²) in [5.41, 5.74) is 0. The molecule has 18 heavy (non-hydrogen) atoms. The molecule has 0 bridgehead atoms. The van der Waals surface area contributed by atoms with Gasteiger partial charge in [-0.1, -0.05) is 25.0 Å². The molecule has 3 aliphatic rings. The maximum atomic E-state index is 12.1. The fourth-order valence-corrected chi connectivity index (χ4v) is 3.48. The third-order valence-electron chi connectivity index (χ3n) is 4.68. The van der Waals surface area contributed by atoms with Crippen LogP contribution >= 0.6 is 0 Å². The van der Waals surface area contributed by atoms with Gasteiger partial charge in [0.25, 0.3) is 0 Å². The van der Waals surface area contributed by atoms with Gasteiger partial charge in [-0.05, 0) is 37.5 Å². The van der Waals surface area contributed by atoms with Crippen LogP contribution < -0.4 is 0 Å². The zero-order valence-corrected chi connectivity index (χ0v) is 10.8. The van der Waals surface area contributed by atoms with E-state index < -0.39 is 0 Å². The van der Waals surface area contributed by atoms with Gasteiger partial charge in [0.2, 0.25) is 0 Å². The van der Waals surface area contributed by atoms with Crippen molar-refractivity contribution in [3.8, 4) is 0 Å². The minimum Gasteiger partial charge on any atom is -0.465 e. The van der Waals surface area contributed by atoms with Gasteiger partial charge in [0.05, 0.1) is 25.2 Å². The van der Waals surface area contributed by atoms with Crippen molar-refractivity contribution in [3.05, 3.63) is 12.2 Å². The van der Waals surface area contributed by atoms with Crippen molar-refractivity contribution in [1.29, 1.82) is 0 Å². The van der Waals surface area contributed by atoms with Crippen LogP contribution in [0, 0.1) is 17.8 Å². The van der Waals surface area contributed by atoms with E-state index in [1.807, 2.05) is 0 Å². The van der Waals surface area contributed by atoms with Crippen LogP contribution in [0.25, 0.3) is 0 Å². The third kappa shape index (κ3) is 2.46. The smallest absolute Gasteiger partial charge is 0.311 e. The monoisotopic (exact) mass is 250 g/mol. The number of hydrogen-bond donors (Lipinski definition) is 0. The Labute approximate surface area is 109 Å². The summed E-state index contributed by atoms with van der Waals surface area (Å²) in [5, 5.41) is 0. The molecule has 3 nitrogen and oxygen atoms in total. The predicted molar refractivity (Wildman–Crippen MR) is 68.0 cm³/mol. The zero-order valence-electron chi connectivity index (χ0n) is 10.8. The highest BCUT2D eigenvalue weighted by Crippen LogP contribution is 2.34. The lowest BCUT2D eigenvalue weighted by atomic mass is 9.80. The summed E-state index contributed by atoms with van der Waals surface area (Å²) in [7, 11) is 0. The van der Waals surface area contributed by atoms with Gasteiger partial charge in [0.1, 0.15) is 0 Å². The number of ether oxygens (including phenoxy) is 2. The average Bonchev–Trinajstić information content (AvgIpc) is 2.49. The largest absolute Gasteiger partial charge is 0.465 e. The van der Waals surface area contributed by atoms with Crippen molar-refractivity contribution in [2.45, 2.75) is 44.6 Å². The van der Waals surface area contributed by atoms with E-state index >= 15 is 0 Å². The first-order valence-corrected chi connectivity index (χ1v) is 7.29. The predicted octanol–water partition coefficient (Wildman–Crippen LogP) is 2.70. The SMILES string of the molecule is O=C1OC[C@@H]2CCCC[C@@H]2CO[C@@H]2C=CCC[C@@H]12. The molecule has 2 aliphatic carbocycles. The lowest BCUT2D eigenvalue weighted by Gasteiger charge is -2.30. The minimum atomic E-state index is -0.0739. The maximum Gasteiger partial charge on any atom is 0.311 e. The molecule has 0 aromatic heterocycles. The molecule has 0 aromatic carbocycles. The lowest BCUT2D eigenvalue weighted by molar-refractivity contribution is -0.153. The maximum absolute atomic E-state index is 12.1. The molecule has 0 unspecified atom stereocenters. The first kappa shape index (κ1) is 12.2. The Hall–Kier alpha value is -0.830. The van der Waals surface area contributed by atoms with Gasteiger partial charge < -0.3 is 9.47 Å². The van der Waals surface area contributed by atoms with Gasteiger partial charge in [-0.3, -0.25) is 4.79 Å². The molecule has 1 saturated carbocycles. The molecular formula is C15H22O3. The quantitative estimate of drug-likeness (QED) is 0.490. The van der Waals surface area contributed by atoms with E-state index in [-0.39, 0.29) is 18.0 Å². The molecule has 0 spiro atoms. The van der Waals surface area contributed by atoms with E-state index in [0.29, 0.717) is 18.4 Å². The second-order valence-electron chi connectivity index (χ2n) is 5.84. The Morgan fingerprint density at radius 3 is 2.67 bits per heavy atom. The van der Waals surface area contributed by atoms with Crippen molar-refractivity contribution < 1.29 is 14.3 Å². The fraction of sp³-hybridized carbons (Fsp3) is 0.800. The summed E-state index contributed by atoms with van der Waals surface area (Å²) in [5.74, 6) is 0.984.